The topological polar surface area (TPSA) is 65.4 Å². The molecule has 0 unspecified atom stereocenters. The van der Waals surface area contributed by atoms with Crippen molar-refractivity contribution in [1.82, 2.24) is 10.2 Å². The third kappa shape index (κ3) is 4.66. The molecule has 1 aliphatic heterocycles. The third-order valence-corrected chi connectivity index (χ3v) is 4.31. The van der Waals surface area contributed by atoms with E-state index < -0.39 is 0 Å². The molecule has 0 aromatic heterocycles. The Morgan fingerprint density at radius 1 is 1.12 bits per heavy atom. The average molecular weight is 335 g/mol. The number of nitriles is 1. The van der Waals surface area contributed by atoms with E-state index in [9.17, 15) is 4.79 Å². The molecule has 2 aromatic carbocycles. The molecule has 5 heteroatoms. The van der Waals surface area contributed by atoms with Crippen molar-refractivity contribution in [2.45, 2.75) is 13.1 Å². The quantitative estimate of drug-likeness (QED) is 0.911. The van der Waals surface area contributed by atoms with Crippen LogP contribution in [0.3, 0.4) is 0 Å². The van der Waals surface area contributed by atoms with Crippen LogP contribution in [-0.4, -0.2) is 37.1 Å². The number of nitrogens with one attached hydrogen (secondary N) is 1. The molecular formula is C20H21N3O2. The van der Waals surface area contributed by atoms with Crippen molar-refractivity contribution in [2.75, 3.05) is 26.3 Å². The lowest BCUT2D eigenvalue weighted by molar-refractivity contribution is 0.0340. The second-order valence-electron chi connectivity index (χ2n) is 6.03. The van der Waals surface area contributed by atoms with Gasteiger partial charge in [-0.05, 0) is 29.3 Å². The van der Waals surface area contributed by atoms with E-state index in [4.69, 9.17) is 10.00 Å². The Labute approximate surface area is 147 Å². The first-order chi connectivity index (χ1) is 12.3. The molecule has 1 N–H and O–H groups in total. The lowest BCUT2D eigenvalue weighted by Gasteiger charge is -2.27. The molecule has 0 saturated carbocycles. The summed E-state index contributed by atoms with van der Waals surface area (Å²) in [7, 11) is 0. The van der Waals surface area contributed by atoms with Crippen molar-refractivity contribution in [1.29, 1.82) is 5.26 Å². The van der Waals surface area contributed by atoms with Gasteiger partial charge in [-0.2, -0.15) is 5.26 Å². The Morgan fingerprint density at radius 2 is 1.88 bits per heavy atom. The molecule has 1 saturated heterocycles. The minimum atomic E-state index is -0.168. The van der Waals surface area contributed by atoms with Gasteiger partial charge < -0.3 is 10.1 Å². The van der Waals surface area contributed by atoms with Gasteiger partial charge in [-0.15, -0.1) is 0 Å². The normalized spacial score (nSPS) is 14.7. The molecule has 1 aliphatic rings. The highest BCUT2D eigenvalue weighted by atomic mass is 16.5. The van der Waals surface area contributed by atoms with Gasteiger partial charge in [0.05, 0.1) is 24.8 Å². The first kappa shape index (κ1) is 17.2. The van der Waals surface area contributed by atoms with Crippen molar-refractivity contribution in [3.63, 3.8) is 0 Å². The predicted molar refractivity (Wildman–Crippen MR) is 94.9 cm³/mol. The summed E-state index contributed by atoms with van der Waals surface area (Å²) < 4.78 is 5.39. The molecule has 5 nitrogen and oxygen atoms in total. The Balaban J connectivity index is 1.64. The molecule has 1 amide bonds. The van der Waals surface area contributed by atoms with E-state index in [2.05, 4.69) is 22.4 Å². The fraction of sp³-hybridized carbons (Fsp3) is 0.300. The fourth-order valence-electron chi connectivity index (χ4n) is 2.89. The number of amides is 1. The molecular weight excluding hydrogens is 314 g/mol. The minimum absolute atomic E-state index is 0.168. The molecule has 3 rings (SSSR count). The van der Waals surface area contributed by atoms with Gasteiger partial charge in [0.2, 0.25) is 0 Å². The zero-order chi connectivity index (χ0) is 17.5. The van der Waals surface area contributed by atoms with Crippen molar-refractivity contribution in [2.24, 2.45) is 0 Å². The summed E-state index contributed by atoms with van der Waals surface area (Å²) in [6.07, 6.45) is 0. The second kappa shape index (κ2) is 8.43. The van der Waals surface area contributed by atoms with Crippen molar-refractivity contribution in [3.8, 4) is 6.07 Å². The molecule has 0 aliphatic carbocycles. The summed E-state index contributed by atoms with van der Waals surface area (Å²) in [6.45, 7) is 4.74. The van der Waals surface area contributed by atoms with Crippen molar-refractivity contribution >= 4 is 5.91 Å². The van der Waals surface area contributed by atoms with Crippen LogP contribution in [0.25, 0.3) is 0 Å². The van der Waals surface area contributed by atoms with E-state index in [-0.39, 0.29) is 5.91 Å². The molecule has 1 heterocycles. The van der Waals surface area contributed by atoms with Crippen LogP contribution in [0.4, 0.5) is 0 Å². The maximum absolute atomic E-state index is 12.3. The zero-order valence-corrected chi connectivity index (χ0v) is 14.1. The number of rotatable bonds is 5. The van der Waals surface area contributed by atoms with Crippen LogP contribution in [0.5, 0.6) is 0 Å². The molecule has 25 heavy (non-hydrogen) atoms. The van der Waals surface area contributed by atoms with Gasteiger partial charge >= 0.3 is 0 Å². The highest BCUT2D eigenvalue weighted by Gasteiger charge is 2.13. The van der Waals surface area contributed by atoms with Crippen LogP contribution in [0.15, 0.2) is 48.5 Å². The monoisotopic (exact) mass is 335 g/mol. The first-order valence-electron chi connectivity index (χ1n) is 8.41. The Kier molecular flexibility index (Phi) is 5.78. The molecule has 0 atom stereocenters. The number of carbonyl (C=O) groups is 1. The van der Waals surface area contributed by atoms with Crippen LogP contribution in [0.2, 0.25) is 0 Å². The summed E-state index contributed by atoms with van der Waals surface area (Å²) in [4.78, 5) is 14.7. The highest BCUT2D eigenvalue weighted by Crippen LogP contribution is 2.13. The molecule has 0 radical (unpaired) electrons. The van der Waals surface area contributed by atoms with Crippen LogP contribution in [-0.2, 0) is 17.8 Å². The molecule has 2 aromatic rings. The first-order valence-corrected chi connectivity index (χ1v) is 8.41. The van der Waals surface area contributed by atoms with Gasteiger partial charge in [-0.3, -0.25) is 9.69 Å². The Hall–Kier alpha value is -2.68. The van der Waals surface area contributed by atoms with Crippen molar-refractivity contribution in [3.05, 3.63) is 70.8 Å². The minimum Gasteiger partial charge on any atom is -0.379 e. The van der Waals surface area contributed by atoms with Gasteiger partial charge in [0.1, 0.15) is 0 Å². The maximum atomic E-state index is 12.3. The van der Waals surface area contributed by atoms with E-state index in [1.54, 1.807) is 24.3 Å². The molecule has 0 spiro atoms. The van der Waals surface area contributed by atoms with Crippen LogP contribution >= 0.6 is 0 Å². The van der Waals surface area contributed by atoms with Gasteiger partial charge in [0, 0.05) is 31.7 Å². The summed E-state index contributed by atoms with van der Waals surface area (Å²) in [5.74, 6) is -0.168. The van der Waals surface area contributed by atoms with E-state index in [1.165, 1.54) is 5.56 Å². The van der Waals surface area contributed by atoms with E-state index in [1.807, 2.05) is 18.2 Å². The zero-order valence-electron chi connectivity index (χ0n) is 14.1. The van der Waals surface area contributed by atoms with Gasteiger partial charge in [-0.1, -0.05) is 30.3 Å². The number of benzene rings is 2. The average Bonchev–Trinajstić information content (AvgIpc) is 2.68. The SMILES string of the molecule is N#Cc1cccc(C(=O)NCc2ccccc2CN2CCOCC2)c1. The fourth-order valence-corrected chi connectivity index (χ4v) is 2.89. The van der Waals surface area contributed by atoms with Crippen molar-refractivity contribution < 1.29 is 9.53 Å². The Bertz CT molecular complexity index is 777. The summed E-state index contributed by atoms with van der Waals surface area (Å²) in [6, 6.07) is 16.9. The lowest BCUT2D eigenvalue weighted by Crippen LogP contribution is -2.36. The maximum Gasteiger partial charge on any atom is 0.251 e. The van der Waals surface area contributed by atoms with E-state index in [0.717, 1.165) is 38.4 Å². The van der Waals surface area contributed by atoms with Gasteiger partial charge in [0.25, 0.3) is 5.91 Å². The lowest BCUT2D eigenvalue weighted by atomic mass is 10.1. The molecule has 1 fully saturated rings. The number of morpholine rings is 1. The summed E-state index contributed by atoms with van der Waals surface area (Å²) in [5.41, 5.74) is 3.32. The largest absolute Gasteiger partial charge is 0.379 e. The number of hydrogen-bond acceptors (Lipinski definition) is 4. The predicted octanol–water partition coefficient (Wildman–Crippen LogP) is 2.32. The number of carbonyl (C=O) groups excluding carboxylic acids is 1. The number of ether oxygens (including phenoxy) is 1. The molecule has 0 bridgehead atoms. The van der Waals surface area contributed by atoms with Gasteiger partial charge in [0.15, 0.2) is 0 Å². The van der Waals surface area contributed by atoms with Gasteiger partial charge in [-0.25, -0.2) is 0 Å². The summed E-state index contributed by atoms with van der Waals surface area (Å²) in [5, 5.41) is 11.9. The second-order valence-corrected chi connectivity index (χ2v) is 6.03. The number of hydrogen-bond donors (Lipinski definition) is 1. The van der Waals surface area contributed by atoms with Crippen LogP contribution < -0.4 is 5.32 Å². The highest BCUT2D eigenvalue weighted by molar-refractivity contribution is 5.94. The van der Waals surface area contributed by atoms with Crippen LogP contribution in [0.1, 0.15) is 27.0 Å². The third-order valence-electron chi connectivity index (χ3n) is 4.31. The smallest absolute Gasteiger partial charge is 0.251 e. The standard InChI is InChI=1S/C20H21N3O2/c21-13-16-4-3-7-17(12-16)20(24)22-14-18-5-1-2-6-19(18)15-23-8-10-25-11-9-23/h1-7,12H,8-11,14-15H2,(H,22,24). The van der Waals surface area contributed by atoms with E-state index in [0.29, 0.717) is 17.7 Å². The molecule has 128 valence electrons. The number of nitrogens with zero attached hydrogens (tertiary/aromatic N) is 2. The van der Waals surface area contributed by atoms with Crippen LogP contribution in [0, 0.1) is 11.3 Å². The summed E-state index contributed by atoms with van der Waals surface area (Å²) >= 11 is 0. The van der Waals surface area contributed by atoms with E-state index >= 15 is 0 Å². The Morgan fingerprint density at radius 3 is 2.64 bits per heavy atom.